The monoisotopic (exact) mass is 352 g/mol. The number of nitriles is 1. The number of alkyl halides is 6. The number of carbonyl (C=O) groups is 2. The van der Waals surface area contributed by atoms with Crippen LogP contribution in [0.25, 0.3) is 0 Å². The van der Waals surface area contributed by atoms with Gasteiger partial charge in [0.1, 0.15) is 0 Å². The molecule has 0 aromatic rings. The molecule has 1 rings (SSSR count). The lowest BCUT2D eigenvalue weighted by atomic mass is 9.97. The first-order valence-electron chi connectivity index (χ1n) is 6.00. The molecule has 0 aromatic heterocycles. The molecule has 1 atom stereocenters. The molecule has 0 radical (unpaired) electrons. The van der Waals surface area contributed by atoms with Crippen molar-refractivity contribution in [3.8, 4) is 6.07 Å². The van der Waals surface area contributed by atoms with Crippen LogP contribution in [0, 0.1) is 17.2 Å². The largest absolute Gasteiger partial charge is 0.490 e. The van der Waals surface area contributed by atoms with Crippen LogP contribution in [-0.4, -0.2) is 47.6 Å². The molecule has 0 bridgehead atoms. The molecule has 0 unspecified atom stereocenters. The van der Waals surface area contributed by atoms with Gasteiger partial charge in [0.15, 0.2) is 0 Å². The molecule has 1 aliphatic heterocycles. The normalized spacial score (nSPS) is 17.5. The summed E-state index contributed by atoms with van der Waals surface area (Å²) in [6.07, 6.45) is -6.96. The predicted molar refractivity (Wildman–Crippen MR) is 63.2 cm³/mol. The summed E-state index contributed by atoms with van der Waals surface area (Å²) in [5.74, 6) is -4.89. The number of carboxylic acid groups (broad SMARTS) is 2. The number of carboxylic acids is 2. The molecule has 1 aliphatic rings. The number of nitrogens with one attached hydrogen (secondary N) is 1. The molecule has 134 valence electrons. The second-order valence-electron chi connectivity index (χ2n) is 4.18. The second kappa shape index (κ2) is 10.7. The van der Waals surface area contributed by atoms with Crippen molar-refractivity contribution in [2.75, 3.05) is 13.1 Å². The smallest absolute Gasteiger partial charge is 0.475 e. The van der Waals surface area contributed by atoms with Gasteiger partial charge >= 0.3 is 24.3 Å². The summed E-state index contributed by atoms with van der Waals surface area (Å²) in [4.78, 5) is 17.8. The van der Waals surface area contributed by atoms with Crippen molar-refractivity contribution in [1.29, 1.82) is 5.26 Å². The number of hydrogen-bond donors (Lipinski definition) is 3. The summed E-state index contributed by atoms with van der Waals surface area (Å²) in [7, 11) is 0. The number of nitrogens with zero attached hydrogens (tertiary/aromatic N) is 1. The van der Waals surface area contributed by atoms with Gasteiger partial charge in [-0.15, -0.1) is 0 Å². The van der Waals surface area contributed by atoms with Crippen LogP contribution >= 0.6 is 0 Å². The van der Waals surface area contributed by atoms with Gasteiger partial charge in [0.2, 0.25) is 0 Å². The molecule has 0 saturated carbocycles. The quantitative estimate of drug-likeness (QED) is 0.624. The third-order valence-corrected chi connectivity index (χ3v) is 2.26. The van der Waals surface area contributed by atoms with Crippen LogP contribution in [-0.2, 0) is 9.59 Å². The molecule has 12 heteroatoms. The van der Waals surface area contributed by atoms with Crippen molar-refractivity contribution in [2.24, 2.45) is 5.92 Å². The van der Waals surface area contributed by atoms with Gasteiger partial charge in [0, 0.05) is 6.42 Å². The number of rotatable bonds is 1. The fourth-order valence-electron chi connectivity index (χ4n) is 1.23. The van der Waals surface area contributed by atoms with E-state index in [0.717, 1.165) is 19.5 Å². The Balaban J connectivity index is 0. The van der Waals surface area contributed by atoms with Crippen molar-refractivity contribution in [2.45, 2.75) is 31.6 Å². The Bertz CT molecular complexity index is 386. The Hall–Kier alpha value is -2.03. The third kappa shape index (κ3) is 14.7. The van der Waals surface area contributed by atoms with Gasteiger partial charge in [-0.2, -0.15) is 31.6 Å². The summed E-state index contributed by atoms with van der Waals surface area (Å²) >= 11 is 0. The fourth-order valence-corrected chi connectivity index (χ4v) is 1.23. The average molecular weight is 352 g/mol. The topological polar surface area (TPSA) is 110 Å². The molecule has 23 heavy (non-hydrogen) atoms. The maximum absolute atomic E-state index is 10.6. The minimum absolute atomic E-state index is 0.628. The SMILES string of the molecule is N#CC[C@H]1CCCNC1.O=C(O)C(F)(F)F.O=C(O)C(F)(F)F. The van der Waals surface area contributed by atoms with Gasteiger partial charge in [-0.1, -0.05) is 0 Å². The van der Waals surface area contributed by atoms with E-state index < -0.39 is 24.3 Å². The first-order chi connectivity index (χ1) is 10.3. The summed E-state index contributed by atoms with van der Waals surface area (Å²) in [5, 5.41) is 25.9. The van der Waals surface area contributed by atoms with E-state index in [2.05, 4.69) is 11.4 Å². The minimum Gasteiger partial charge on any atom is -0.475 e. The van der Waals surface area contributed by atoms with Crippen molar-refractivity contribution in [3.63, 3.8) is 0 Å². The van der Waals surface area contributed by atoms with Gasteiger partial charge < -0.3 is 15.5 Å². The summed E-state index contributed by atoms with van der Waals surface area (Å²) in [5.41, 5.74) is 0. The Morgan fingerprint density at radius 3 is 1.70 bits per heavy atom. The van der Waals surface area contributed by atoms with Crippen LogP contribution in [0.2, 0.25) is 0 Å². The lowest BCUT2D eigenvalue weighted by molar-refractivity contribution is -0.193. The van der Waals surface area contributed by atoms with E-state index >= 15 is 0 Å². The highest BCUT2D eigenvalue weighted by Gasteiger charge is 2.38. The van der Waals surface area contributed by atoms with E-state index in [9.17, 15) is 26.3 Å². The van der Waals surface area contributed by atoms with E-state index in [-0.39, 0.29) is 0 Å². The highest BCUT2D eigenvalue weighted by Crippen LogP contribution is 2.14. The van der Waals surface area contributed by atoms with E-state index in [1.807, 2.05) is 0 Å². The predicted octanol–water partition coefficient (Wildman–Crippen LogP) is 2.17. The summed E-state index contributed by atoms with van der Waals surface area (Å²) in [6.45, 7) is 2.19. The maximum atomic E-state index is 10.6. The molecule has 0 aromatic carbocycles. The number of piperidine rings is 1. The van der Waals surface area contributed by atoms with Gasteiger partial charge in [-0.25, -0.2) is 9.59 Å². The lowest BCUT2D eigenvalue weighted by Crippen LogP contribution is -2.29. The third-order valence-electron chi connectivity index (χ3n) is 2.26. The van der Waals surface area contributed by atoms with Gasteiger partial charge in [0.05, 0.1) is 6.07 Å². The highest BCUT2D eigenvalue weighted by molar-refractivity contribution is 5.73. The zero-order valence-electron chi connectivity index (χ0n) is 11.5. The molecule has 1 heterocycles. The van der Waals surface area contributed by atoms with Gasteiger partial charge in [0.25, 0.3) is 0 Å². The van der Waals surface area contributed by atoms with Gasteiger partial charge in [-0.05, 0) is 31.8 Å². The lowest BCUT2D eigenvalue weighted by Gasteiger charge is -2.19. The van der Waals surface area contributed by atoms with Crippen LogP contribution in [0.15, 0.2) is 0 Å². The molecular weight excluding hydrogens is 338 g/mol. The van der Waals surface area contributed by atoms with E-state index in [1.165, 1.54) is 12.8 Å². The molecule has 0 aliphatic carbocycles. The molecule has 1 saturated heterocycles. The van der Waals surface area contributed by atoms with Crippen molar-refractivity contribution < 1.29 is 46.1 Å². The van der Waals surface area contributed by atoms with Crippen LogP contribution in [0.3, 0.4) is 0 Å². The summed E-state index contributed by atoms with van der Waals surface area (Å²) in [6, 6.07) is 2.20. The first-order valence-corrected chi connectivity index (χ1v) is 6.00. The zero-order valence-corrected chi connectivity index (χ0v) is 11.5. The van der Waals surface area contributed by atoms with Gasteiger partial charge in [-0.3, -0.25) is 0 Å². The maximum Gasteiger partial charge on any atom is 0.490 e. The van der Waals surface area contributed by atoms with E-state index in [1.54, 1.807) is 0 Å². The van der Waals surface area contributed by atoms with Crippen molar-refractivity contribution >= 4 is 11.9 Å². The van der Waals surface area contributed by atoms with Crippen LogP contribution < -0.4 is 5.32 Å². The molecule has 0 amide bonds. The Kier molecular flexibility index (Phi) is 10.8. The summed E-state index contributed by atoms with van der Waals surface area (Å²) < 4.78 is 63.5. The molecule has 0 spiro atoms. The molecular formula is C11H14F6N2O4. The first kappa shape index (κ1) is 23.2. The molecule has 1 fully saturated rings. The fraction of sp³-hybridized carbons (Fsp3) is 0.727. The number of aliphatic carboxylic acids is 2. The number of hydrogen-bond acceptors (Lipinski definition) is 4. The molecule has 6 nitrogen and oxygen atoms in total. The van der Waals surface area contributed by atoms with Crippen molar-refractivity contribution in [3.05, 3.63) is 0 Å². The van der Waals surface area contributed by atoms with E-state index in [0.29, 0.717) is 5.92 Å². The van der Waals surface area contributed by atoms with Crippen LogP contribution in [0.5, 0.6) is 0 Å². The second-order valence-corrected chi connectivity index (χ2v) is 4.18. The van der Waals surface area contributed by atoms with Crippen molar-refractivity contribution in [1.82, 2.24) is 5.32 Å². The van der Waals surface area contributed by atoms with Crippen LogP contribution in [0.1, 0.15) is 19.3 Å². The number of halogens is 6. The van der Waals surface area contributed by atoms with Crippen LogP contribution in [0.4, 0.5) is 26.3 Å². The standard InChI is InChI=1S/C7H12N2.2C2HF3O2/c8-4-3-7-2-1-5-9-6-7;2*3-2(4,5)1(6)7/h7,9H,1-3,5-6H2;2*(H,6,7)/t7-;;/m1../s1. The zero-order chi connectivity index (χ0) is 18.7. The molecule has 3 N–H and O–H groups in total. The Labute approximate surface area is 126 Å². The minimum atomic E-state index is -5.08. The average Bonchev–Trinajstić information content (AvgIpc) is 2.39. The Morgan fingerprint density at radius 1 is 1.09 bits per heavy atom. The highest BCUT2D eigenvalue weighted by atomic mass is 19.4. The Morgan fingerprint density at radius 2 is 1.48 bits per heavy atom. The van der Waals surface area contributed by atoms with E-state index in [4.69, 9.17) is 25.1 Å².